The molecular formula is C18H15FN2O4. The van der Waals surface area contributed by atoms with Gasteiger partial charge in [-0.15, -0.1) is 0 Å². The Kier molecular flexibility index (Phi) is 4.47. The van der Waals surface area contributed by atoms with Crippen molar-refractivity contribution in [3.05, 3.63) is 69.0 Å². The molecule has 1 heterocycles. The summed E-state index contributed by atoms with van der Waals surface area (Å²) in [6.45, 7) is 0.271. The largest absolute Gasteiger partial charge is 0.492 e. The molecule has 0 saturated carbocycles. The first-order valence-electron chi connectivity index (χ1n) is 7.63. The van der Waals surface area contributed by atoms with Gasteiger partial charge < -0.3 is 10.1 Å². The number of halogens is 1. The van der Waals surface area contributed by atoms with Crippen molar-refractivity contribution in [1.29, 1.82) is 0 Å². The first-order valence-corrected chi connectivity index (χ1v) is 7.63. The Bertz CT molecular complexity index is 893. The van der Waals surface area contributed by atoms with Crippen LogP contribution >= 0.6 is 0 Å². The number of hydrogen-bond donors (Lipinski definition) is 1. The molecule has 3 rings (SSSR count). The van der Waals surface area contributed by atoms with Gasteiger partial charge in [-0.25, -0.2) is 4.39 Å². The molecule has 6 nitrogen and oxygen atoms in total. The van der Waals surface area contributed by atoms with Crippen LogP contribution in [0.4, 0.5) is 15.8 Å². The van der Waals surface area contributed by atoms with Gasteiger partial charge in [-0.2, -0.15) is 0 Å². The Balaban J connectivity index is 2.02. The van der Waals surface area contributed by atoms with Crippen LogP contribution in [0.2, 0.25) is 0 Å². The van der Waals surface area contributed by atoms with Crippen molar-refractivity contribution in [3.8, 4) is 5.75 Å². The van der Waals surface area contributed by atoms with Gasteiger partial charge in [0, 0.05) is 25.1 Å². The number of anilines is 1. The zero-order valence-electron chi connectivity index (χ0n) is 13.4. The van der Waals surface area contributed by atoms with Gasteiger partial charge in [0.05, 0.1) is 17.1 Å². The fraction of sp³-hybridized carbons (Fsp3) is 0.167. The number of hydrogen-bond acceptors (Lipinski definition) is 5. The number of nitrogens with zero attached hydrogens (tertiary/aromatic N) is 1. The highest BCUT2D eigenvalue weighted by molar-refractivity contribution is 6.13. The van der Waals surface area contributed by atoms with E-state index in [0.717, 1.165) is 6.07 Å². The van der Waals surface area contributed by atoms with Crippen LogP contribution in [0.15, 0.2) is 42.0 Å². The molecule has 0 atom stereocenters. The van der Waals surface area contributed by atoms with Crippen LogP contribution in [0.1, 0.15) is 22.3 Å². The van der Waals surface area contributed by atoms with Crippen LogP contribution in [0.25, 0.3) is 6.08 Å². The van der Waals surface area contributed by atoms with Gasteiger partial charge in [-0.3, -0.25) is 14.9 Å². The number of nitro benzene ring substituents is 1. The van der Waals surface area contributed by atoms with Crippen molar-refractivity contribution in [2.24, 2.45) is 0 Å². The molecule has 0 saturated heterocycles. The van der Waals surface area contributed by atoms with Crippen molar-refractivity contribution in [2.75, 3.05) is 19.0 Å². The smallest absolute Gasteiger partial charge is 0.292 e. The topological polar surface area (TPSA) is 81.5 Å². The van der Waals surface area contributed by atoms with E-state index in [9.17, 15) is 19.3 Å². The second kappa shape index (κ2) is 6.72. The Hall–Kier alpha value is -3.22. The molecule has 0 unspecified atom stereocenters. The van der Waals surface area contributed by atoms with Crippen molar-refractivity contribution in [2.45, 2.75) is 6.42 Å². The highest BCUT2D eigenvalue weighted by atomic mass is 19.1. The SMILES string of the molecule is CNc1ccc(/C=C2/CCOc3ccc(F)cc3C2=O)cc1[N+](=O)[O-]. The van der Waals surface area contributed by atoms with Gasteiger partial charge in [0.1, 0.15) is 17.3 Å². The molecule has 0 aliphatic carbocycles. The summed E-state index contributed by atoms with van der Waals surface area (Å²) in [4.78, 5) is 23.3. The zero-order valence-corrected chi connectivity index (χ0v) is 13.4. The lowest BCUT2D eigenvalue weighted by Gasteiger charge is -2.06. The van der Waals surface area contributed by atoms with Gasteiger partial charge in [-0.1, -0.05) is 6.07 Å². The monoisotopic (exact) mass is 342 g/mol. The van der Waals surface area contributed by atoms with Crippen molar-refractivity contribution in [1.82, 2.24) is 0 Å². The summed E-state index contributed by atoms with van der Waals surface area (Å²) >= 11 is 0. The fourth-order valence-electron chi connectivity index (χ4n) is 2.70. The molecule has 0 amide bonds. The van der Waals surface area contributed by atoms with Crippen molar-refractivity contribution >= 4 is 23.2 Å². The predicted octanol–water partition coefficient (Wildman–Crippen LogP) is 3.82. The van der Waals surface area contributed by atoms with Gasteiger partial charge in [0.15, 0.2) is 5.78 Å². The third-order valence-electron chi connectivity index (χ3n) is 3.94. The molecule has 1 aliphatic rings. The summed E-state index contributed by atoms with van der Waals surface area (Å²) in [5.41, 5.74) is 1.39. The lowest BCUT2D eigenvalue weighted by molar-refractivity contribution is -0.383. The number of fused-ring (bicyclic) bond motifs is 1. The van der Waals surface area contributed by atoms with Crippen LogP contribution in [0.5, 0.6) is 5.75 Å². The molecule has 0 radical (unpaired) electrons. The maximum atomic E-state index is 13.5. The van der Waals surface area contributed by atoms with Crippen LogP contribution in [-0.4, -0.2) is 24.4 Å². The van der Waals surface area contributed by atoms with Crippen LogP contribution in [0.3, 0.4) is 0 Å². The summed E-state index contributed by atoms with van der Waals surface area (Å²) < 4.78 is 19.0. The van der Waals surface area contributed by atoms with Crippen molar-refractivity contribution in [3.63, 3.8) is 0 Å². The summed E-state index contributed by atoms with van der Waals surface area (Å²) in [5, 5.41) is 13.9. The second-order valence-corrected chi connectivity index (χ2v) is 5.52. The molecule has 2 aromatic rings. The van der Waals surface area contributed by atoms with E-state index < -0.39 is 10.7 Å². The molecule has 1 aliphatic heterocycles. The number of rotatable bonds is 3. The van der Waals surface area contributed by atoms with E-state index in [-0.39, 0.29) is 23.6 Å². The molecule has 0 aromatic heterocycles. The summed E-state index contributed by atoms with van der Waals surface area (Å²) in [5.74, 6) is -0.524. The number of Topliss-reactive ketones (excluding diaryl/α,β-unsaturated/α-hetero) is 1. The first kappa shape index (κ1) is 16.6. The number of carbonyl (C=O) groups is 1. The van der Waals surface area contributed by atoms with Crippen LogP contribution in [0, 0.1) is 15.9 Å². The summed E-state index contributed by atoms with van der Waals surface area (Å²) in [6, 6.07) is 8.46. The average Bonchev–Trinajstić information content (AvgIpc) is 2.74. The van der Waals surface area contributed by atoms with E-state index in [4.69, 9.17) is 4.74 Å². The van der Waals surface area contributed by atoms with E-state index >= 15 is 0 Å². The van der Waals surface area contributed by atoms with E-state index in [1.807, 2.05) is 0 Å². The molecule has 0 fully saturated rings. The van der Waals surface area contributed by atoms with E-state index in [1.54, 1.807) is 25.3 Å². The van der Waals surface area contributed by atoms with Crippen LogP contribution < -0.4 is 10.1 Å². The maximum absolute atomic E-state index is 13.5. The third-order valence-corrected chi connectivity index (χ3v) is 3.94. The van der Waals surface area contributed by atoms with E-state index in [2.05, 4.69) is 5.32 Å². The number of benzene rings is 2. The molecule has 25 heavy (non-hydrogen) atoms. The molecule has 1 N–H and O–H groups in total. The summed E-state index contributed by atoms with van der Waals surface area (Å²) in [7, 11) is 1.60. The van der Waals surface area contributed by atoms with Gasteiger partial charge in [0.25, 0.3) is 5.69 Å². The number of nitro groups is 1. The molecule has 0 spiro atoms. The van der Waals surface area contributed by atoms with Gasteiger partial charge >= 0.3 is 0 Å². The lowest BCUT2D eigenvalue weighted by atomic mass is 9.98. The first-order chi connectivity index (χ1) is 12.0. The number of ether oxygens (including phenoxy) is 1. The summed E-state index contributed by atoms with van der Waals surface area (Å²) in [6.07, 6.45) is 1.91. The quantitative estimate of drug-likeness (QED) is 0.521. The normalized spacial score (nSPS) is 15.3. The second-order valence-electron chi connectivity index (χ2n) is 5.52. The minimum absolute atomic E-state index is 0.0828. The molecular weight excluding hydrogens is 327 g/mol. The number of nitrogens with one attached hydrogen (secondary N) is 1. The minimum atomic E-state index is -0.522. The van der Waals surface area contributed by atoms with E-state index in [1.165, 1.54) is 18.2 Å². The number of ketones is 1. The van der Waals surface area contributed by atoms with Gasteiger partial charge in [0.2, 0.25) is 0 Å². The Morgan fingerprint density at radius 3 is 2.80 bits per heavy atom. The molecule has 0 bridgehead atoms. The average molecular weight is 342 g/mol. The minimum Gasteiger partial charge on any atom is -0.492 e. The number of carbonyl (C=O) groups excluding carboxylic acids is 1. The van der Waals surface area contributed by atoms with Gasteiger partial charge in [-0.05, 0) is 35.9 Å². The lowest BCUT2D eigenvalue weighted by Crippen LogP contribution is -2.03. The van der Waals surface area contributed by atoms with Crippen LogP contribution in [-0.2, 0) is 0 Å². The molecule has 2 aromatic carbocycles. The predicted molar refractivity (Wildman–Crippen MR) is 91.5 cm³/mol. The highest BCUT2D eigenvalue weighted by Gasteiger charge is 2.22. The molecule has 7 heteroatoms. The Morgan fingerprint density at radius 1 is 1.28 bits per heavy atom. The third kappa shape index (κ3) is 3.35. The van der Waals surface area contributed by atoms with Crippen molar-refractivity contribution < 1.29 is 18.8 Å². The molecule has 128 valence electrons. The van der Waals surface area contributed by atoms with E-state index in [0.29, 0.717) is 29.0 Å². The fourth-order valence-corrected chi connectivity index (χ4v) is 2.70. The standard InChI is InChI=1S/C18H15FN2O4/c1-20-15-4-2-11(9-16(15)21(23)24)8-12-6-7-25-17-5-3-13(19)10-14(17)18(12)22/h2-5,8-10,20H,6-7H2,1H3/b12-8-. The Labute approximate surface area is 143 Å². The highest BCUT2D eigenvalue weighted by Crippen LogP contribution is 2.30. The Morgan fingerprint density at radius 2 is 2.08 bits per heavy atom. The zero-order chi connectivity index (χ0) is 18.0. The maximum Gasteiger partial charge on any atom is 0.292 e.